The second-order valence-electron chi connectivity index (χ2n) is 10.6. The summed E-state index contributed by atoms with van der Waals surface area (Å²) in [5.74, 6) is -0.824. The maximum atomic E-state index is 13.4. The molecule has 0 spiro atoms. The summed E-state index contributed by atoms with van der Waals surface area (Å²) in [7, 11) is 0. The number of halogens is 3. The standard InChI is InChI=1S/C27H28ClF2N7O5/c1-27(2,3)42-26(40)35-10-7-20(38)19(14-35)37-13-18(33-24(39)17-12-32-36-9-4-8-31-23(17)36)22(34-37)16-11-15(28)5-6-21(16)41-25(29)30/h4-6,8-9,11-13,19-20,25,38H,7,10,14H2,1-3H3,(H,33,39)/t19-,20-/m0/s1. The number of hydrogen-bond acceptors (Lipinski definition) is 8. The molecular formula is C27H28ClF2N7O5. The monoisotopic (exact) mass is 603 g/mol. The van der Waals surface area contributed by atoms with Crippen molar-refractivity contribution in [2.45, 2.75) is 51.6 Å². The average molecular weight is 604 g/mol. The number of ether oxygens (including phenoxy) is 2. The van der Waals surface area contributed by atoms with E-state index in [2.05, 4.69) is 20.5 Å². The summed E-state index contributed by atoms with van der Waals surface area (Å²) in [4.78, 5) is 31.8. The number of anilines is 1. The number of carbonyl (C=O) groups is 2. The van der Waals surface area contributed by atoms with Gasteiger partial charge < -0.3 is 24.8 Å². The lowest BCUT2D eigenvalue weighted by Gasteiger charge is -2.36. The van der Waals surface area contributed by atoms with Crippen molar-refractivity contribution in [3.8, 4) is 17.0 Å². The van der Waals surface area contributed by atoms with E-state index in [4.69, 9.17) is 21.1 Å². The number of nitrogens with zero attached hydrogens (tertiary/aromatic N) is 6. The molecule has 2 atom stereocenters. The molecule has 0 bridgehead atoms. The number of fused-ring (bicyclic) bond motifs is 1. The second-order valence-corrected chi connectivity index (χ2v) is 11.1. The maximum absolute atomic E-state index is 13.4. The summed E-state index contributed by atoms with van der Waals surface area (Å²) in [6.07, 6.45) is 4.69. The van der Waals surface area contributed by atoms with Gasteiger partial charge in [0.15, 0.2) is 5.65 Å². The van der Waals surface area contributed by atoms with Crippen molar-refractivity contribution in [1.82, 2.24) is 29.3 Å². The molecule has 0 saturated carbocycles. The van der Waals surface area contributed by atoms with E-state index in [-0.39, 0.29) is 52.8 Å². The van der Waals surface area contributed by atoms with Crippen molar-refractivity contribution in [2.24, 2.45) is 0 Å². The van der Waals surface area contributed by atoms with Gasteiger partial charge in [-0.2, -0.15) is 19.0 Å². The van der Waals surface area contributed by atoms with Crippen LogP contribution in [0.2, 0.25) is 5.02 Å². The Morgan fingerprint density at radius 3 is 2.79 bits per heavy atom. The summed E-state index contributed by atoms with van der Waals surface area (Å²) < 4.78 is 39.6. The van der Waals surface area contributed by atoms with E-state index in [1.807, 2.05) is 0 Å². The Balaban J connectivity index is 1.55. The number of aromatic nitrogens is 5. The number of piperidine rings is 1. The molecular weight excluding hydrogens is 576 g/mol. The highest BCUT2D eigenvalue weighted by Gasteiger charge is 2.35. The molecule has 4 heterocycles. The van der Waals surface area contributed by atoms with E-state index < -0.39 is 36.4 Å². The lowest BCUT2D eigenvalue weighted by atomic mass is 10.0. The normalized spacial score (nSPS) is 17.5. The van der Waals surface area contributed by atoms with Gasteiger partial charge in [0, 0.05) is 42.3 Å². The highest BCUT2D eigenvalue weighted by molar-refractivity contribution is 6.31. The summed E-state index contributed by atoms with van der Waals surface area (Å²) >= 11 is 6.21. The topological polar surface area (TPSA) is 136 Å². The van der Waals surface area contributed by atoms with Gasteiger partial charge in [-0.15, -0.1) is 0 Å². The number of alkyl halides is 2. The number of benzene rings is 1. The van der Waals surface area contributed by atoms with Crippen LogP contribution in [0, 0.1) is 0 Å². The molecule has 1 aliphatic rings. The second kappa shape index (κ2) is 11.5. The van der Waals surface area contributed by atoms with Crippen LogP contribution in [-0.2, 0) is 4.74 Å². The molecule has 5 rings (SSSR count). The van der Waals surface area contributed by atoms with E-state index >= 15 is 0 Å². The molecule has 0 radical (unpaired) electrons. The summed E-state index contributed by atoms with van der Waals surface area (Å²) in [6.45, 7) is 2.40. The Hall–Kier alpha value is -4.30. The Morgan fingerprint density at radius 1 is 1.26 bits per heavy atom. The molecule has 2 N–H and O–H groups in total. The molecule has 1 fully saturated rings. The number of hydrogen-bond donors (Lipinski definition) is 2. The summed E-state index contributed by atoms with van der Waals surface area (Å²) in [5.41, 5.74) is -0.0446. The van der Waals surface area contributed by atoms with Gasteiger partial charge in [0.05, 0.1) is 24.0 Å². The summed E-state index contributed by atoms with van der Waals surface area (Å²) in [5, 5.41) is 22.6. The largest absolute Gasteiger partial charge is 0.444 e. The molecule has 42 heavy (non-hydrogen) atoms. The number of carbonyl (C=O) groups excluding carboxylic acids is 2. The van der Waals surface area contributed by atoms with Crippen molar-refractivity contribution in [3.63, 3.8) is 0 Å². The minimum absolute atomic E-state index is 0.0402. The number of rotatable bonds is 6. The van der Waals surface area contributed by atoms with E-state index in [9.17, 15) is 23.5 Å². The average Bonchev–Trinajstić information content (AvgIpc) is 3.53. The van der Waals surface area contributed by atoms with Crippen LogP contribution < -0.4 is 10.1 Å². The SMILES string of the molecule is CC(C)(C)OC(=O)N1CC[C@H](O)[C@@H](n2cc(NC(=O)c3cnn4cccnc34)c(-c3cc(Cl)ccc3OC(F)F)n2)C1. The number of amides is 2. The lowest BCUT2D eigenvalue weighted by molar-refractivity contribution is -0.0494. The van der Waals surface area contributed by atoms with Crippen molar-refractivity contribution < 1.29 is 33.0 Å². The van der Waals surface area contributed by atoms with Crippen LogP contribution in [-0.4, -0.2) is 77.8 Å². The zero-order valence-corrected chi connectivity index (χ0v) is 23.6. The molecule has 4 aromatic rings. The van der Waals surface area contributed by atoms with E-state index in [1.165, 1.54) is 50.9 Å². The zero-order chi connectivity index (χ0) is 30.2. The number of aliphatic hydroxyl groups excluding tert-OH is 1. The van der Waals surface area contributed by atoms with Gasteiger partial charge in [0.25, 0.3) is 5.91 Å². The van der Waals surface area contributed by atoms with Crippen molar-refractivity contribution in [1.29, 1.82) is 0 Å². The minimum atomic E-state index is -3.14. The van der Waals surface area contributed by atoms with Crippen LogP contribution in [0.15, 0.2) is 49.1 Å². The molecule has 1 aliphatic heterocycles. The molecule has 1 saturated heterocycles. The Kier molecular flexibility index (Phi) is 8.01. The fraction of sp³-hybridized carbons (Fsp3) is 0.370. The molecule has 0 unspecified atom stereocenters. The predicted molar refractivity (Wildman–Crippen MR) is 148 cm³/mol. The zero-order valence-electron chi connectivity index (χ0n) is 22.9. The van der Waals surface area contributed by atoms with Crippen LogP contribution in [0.4, 0.5) is 19.3 Å². The molecule has 3 aromatic heterocycles. The minimum Gasteiger partial charge on any atom is -0.444 e. The molecule has 2 amide bonds. The number of likely N-dealkylation sites (tertiary alicyclic amines) is 1. The van der Waals surface area contributed by atoms with E-state index in [1.54, 1.807) is 33.0 Å². The van der Waals surface area contributed by atoms with Crippen LogP contribution in [0.5, 0.6) is 5.75 Å². The Morgan fingerprint density at radius 2 is 2.05 bits per heavy atom. The fourth-order valence-corrected chi connectivity index (χ4v) is 4.76. The first kappa shape index (κ1) is 29.2. The van der Waals surface area contributed by atoms with Crippen molar-refractivity contribution in [3.05, 3.63) is 59.6 Å². The third kappa shape index (κ3) is 6.29. The number of aliphatic hydroxyl groups is 1. The van der Waals surface area contributed by atoms with Crippen molar-refractivity contribution >= 4 is 34.9 Å². The first-order valence-corrected chi connectivity index (χ1v) is 13.4. The first-order valence-electron chi connectivity index (χ1n) is 13.0. The lowest BCUT2D eigenvalue weighted by Crippen LogP contribution is -2.48. The van der Waals surface area contributed by atoms with Gasteiger partial charge in [-0.1, -0.05) is 11.6 Å². The highest BCUT2D eigenvalue weighted by Crippen LogP contribution is 2.38. The van der Waals surface area contributed by atoms with E-state index in [0.717, 1.165) is 0 Å². The third-order valence-corrected chi connectivity index (χ3v) is 6.69. The Labute approximate surface area is 243 Å². The molecule has 1 aromatic carbocycles. The van der Waals surface area contributed by atoms with Crippen LogP contribution >= 0.6 is 11.6 Å². The molecule has 15 heteroatoms. The van der Waals surface area contributed by atoms with Gasteiger partial charge in [-0.3, -0.25) is 9.48 Å². The van der Waals surface area contributed by atoms with Gasteiger partial charge >= 0.3 is 12.7 Å². The van der Waals surface area contributed by atoms with Crippen LogP contribution in [0.25, 0.3) is 16.9 Å². The highest BCUT2D eigenvalue weighted by atomic mass is 35.5. The maximum Gasteiger partial charge on any atom is 0.410 e. The van der Waals surface area contributed by atoms with Crippen molar-refractivity contribution in [2.75, 3.05) is 18.4 Å². The van der Waals surface area contributed by atoms with Gasteiger partial charge in [0.2, 0.25) is 0 Å². The van der Waals surface area contributed by atoms with Crippen LogP contribution in [0.3, 0.4) is 0 Å². The quantitative estimate of drug-likeness (QED) is 0.325. The number of nitrogens with one attached hydrogen (secondary N) is 1. The van der Waals surface area contributed by atoms with Crippen LogP contribution in [0.1, 0.15) is 43.6 Å². The fourth-order valence-electron chi connectivity index (χ4n) is 4.59. The molecule has 222 valence electrons. The van der Waals surface area contributed by atoms with Gasteiger partial charge in [0.1, 0.15) is 22.6 Å². The summed E-state index contributed by atoms with van der Waals surface area (Å²) in [6, 6.07) is 4.93. The molecule has 0 aliphatic carbocycles. The van der Waals surface area contributed by atoms with E-state index in [0.29, 0.717) is 5.65 Å². The third-order valence-electron chi connectivity index (χ3n) is 6.45. The predicted octanol–water partition coefficient (Wildman–Crippen LogP) is 4.64. The smallest absolute Gasteiger partial charge is 0.410 e. The Bertz CT molecular complexity index is 1620. The molecule has 12 nitrogen and oxygen atoms in total. The van der Waals surface area contributed by atoms with Gasteiger partial charge in [-0.25, -0.2) is 14.3 Å². The first-order chi connectivity index (χ1) is 19.9. The van der Waals surface area contributed by atoms with Gasteiger partial charge in [-0.05, 0) is 51.5 Å².